The van der Waals surface area contributed by atoms with Crippen LogP contribution in [0.15, 0.2) is 0 Å². The molecule has 11 heavy (non-hydrogen) atoms. The minimum Gasteiger partial charge on any atom is -0.472 e. The summed E-state index contributed by atoms with van der Waals surface area (Å²) in [5.74, 6) is 3.22. The van der Waals surface area contributed by atoms with Crippen LogP contribution in [0.2, 0.25) is 0 Å². The molecule has 1 fully saturated rings. The van der Waals surface area contributed by atoms with Crippen molar-refractivity contribution in [3.05, 3.63) is 0 Å². The molecular weight excluding hydrogens is 146 g/mol. The van der Waals surface area contributed by atoms with E-state index in [1.165, 1.54) is 0 Å². The van der Waals surface area contributed by atoms with Gasteiger partial charge >= 0.3 is 5.97 Å². The summed E-state index contributed by atoms with van der Waals surface area (Å²) in [4.78, 5) is 9.88. The van der Waals surface area contributed by atoms with Gasteiger partial charge in [0, 0.05) is 12.5 Å². The molecule has 4 heteroatoms. The van der Waals surface area contributed by atoms with Crippen LogP contribution in [0.4, 0.5) is 0 Å². The second-order valence-corrected chi connectivity index (χ2v) is 2.15. The van der Waals surface area contributed by atoms with Crippen LogP contribution in [-0.2, 0) is 9.53 Å². The molecule has 60 valence electrons. The molecule has 1 unspecified atom stereocenters. The Labute approximate surface area is 64.5 Å². The van der Waals surface area contributed by atoms with Gasteiger partial charge in [0.05, 0.1) is 0 Å². The van der Waals surface area contributed by atoms with E-state index in [1.54, 1.807) is 0 Å². The van der Waals surface area contributed by atoms with Crippen molar-refractivity contribution < 1.29 is 14.6 Å². The molecule has 0 bridgehead atoms. The van der Waals surface area contributed by atoms with Crippen LogP contribution >= 0.6 is 0 Å². The molecule has 0 aromatic carbocycles. The Bertz CT molecular complexity index is 199. The van der Waals surface area contributed by atoms with Crippen LogP contribution in [0, 0.1) is 11.8 Å². The van der Waals surface area contributed by atoms with Gasteiger partial charge in [-0.2, -0.15) is 0 Å². The highest BCUT2D eigenvalue weighted by atomic mass is 16.5. The summed E-state index contributed by atoms with van der Waals surface area (Å²) in [6.07, 6.45) is 1.06. The maximum absolute atomic E-state index is 9.88. The van der Waals surface area contributed by atoms with Gasteiger partial charge in [-0.1, -0.05) is 5.92 Å². The molecule has 1 rings (SSSR count). The van der Waals surface area contributed by atoms with Crippen molar-refractivity contribution in [2.75, 3.05) is 13.2 Å². The van der Waals surface area contributed by atoms with Crippen LogP contribution in [0.5, 0.6) is 0 Å². The highest BCUT2D eigenvalue weighted by Gasteiger charge is 2.15. The highest BCUT2D eigenvalue weighted by molar-refractivity contribution is 5.86. The Hall–Kier alpha value is -1.05. The third-order valence-corrected chi connectivity index (χ3v) is 1.33. The van der Waals surface area contributed by atoms with Crippen molar-refractivity contribution in [1.82, 2.24) is 5.32 Å². The number of nitrogens with one attached hydrogen (secondary N) is 1. The second-order valence-electron chi connectivity index (χ2n) is 2.15. The quantitative estimate of drug-likeness (QED) is 0.523. The Morgan fingerprint density at radius 1 is 1.82 bits per heavy atom. The second kappa shape index (κ2) is 3.96. The lowest BCUT2D eigenvalue weighted by Crippen LogP contribution is -2.44. The molecule has 1 aliphatic rings. The lowest BCUT2D eigenvalue weighted by molar-refractivity contribution is -0.130. The molecule has 2 N–H and O–H groups in total. The first-order valence-electron chi connectivity index (χ1n) is 3.36. The summed E-state index contributed by atoms with van der Waals surface area (Å²) in [5.41, 5.74) is 0. The van der Waals surface area contributed by atoms with Gasteiger partial charge in [0.15, 0.2) is 0 Å². The largest absolute Gasteiger partial charge is 0.472 e. The average Bonchev–Trinajstić information content (AvgIpc) is 1.82. The van der Waals surface area contributed by atoms with E-state index in [0.29, 0.717) is 0 Å². The summed E-state index contributed by atoms with van der Waals surface area (Å²) in [7, 11) is 0. The maximum atomic E-state index is 9.88. The van der Waals surface area contributed by atoms with Gasteiger partial charge in [-0.25, -0.2) is 4.79 Å². The van der Waals surface area contributed by atoms with E-state index in [0.717, 1.165) is 13.0 Å². The molecule has 0 aliphatic carbocycles. The third-order valence-electron chi connectivity index (χ3n) is 1.33. The Morgan fingerprint density at radius 2 is 2.55 bits per heavy atom. The number of carboxylic acids is 1. The predicted molar refractivity (Wildman–Crippen MR) is 37.8 cm³/mol. The number of hydrogen-bond donors (Lipinski definition) is 2. The number of aliphatic carboxylic acids is 1. The standard InChI is InChI=1S/C7H9NO3/c9-7(10)2-1-5-11-6-3-4-8-6/h6,8H,3-5H2,(H,9,10). The zero-order valence-corrected chi connectivity index (χ0v) is 5.96. The number of carbonyl (C=O) groups is 1. The van der Waals surface area contributed by atoms with Crippen LogP contribution in [0.3, 0.4) is 0 Å². The molecule has 4 nitrogen and oxygen atoms in total. The molecule has 0 radical (unpaired) electrons. The van der Waals surface area contributed by atoms with Gasteiger partial charge in [0.1, 0.15) is 12.8 Å². The van der Waals surface area contributed by atoms with Crippen molar-refractivity contribution in [1.29, 1.82) is 0 Å². The lowest BCUT2D eigenvalue weighted by atomic mass is 10.2. The van der Waals surface area contributed by atoms with Crippen LogP contribution in [-0.4, -0.2) is 30.5 Å². The predicted octanol–water partition coefficient (Wildman–Crippen LogP) is -0.590. The van der Waals surface area contributed by atoms with E-state index in [4.69, 9.17) is 9.84 Å². The number of ether oxygens (including phenoxy) is 1. The monoisotopic (exact) mass is 155 g/mol. The summed E-state index contributed by atoms with van der Waals surface area (Å²) < 4.78 is 5.08. The molecule has 0 aromatic rings. The molecular formula is C7H9NO3. The number of rotatable bonds is 2. The molecule has 0 aromatic heterocycles. The van der Waals surface area contributed by atoms with E-state index in [2.05, 4.69) is 11.2 Å². The molecule has 1 heterocycles. The summed E-state index contributed by atoms with van der Waals surface area (Å²) >= 11 is 0. The van der Waals surface area contributed by atoms with Crippen molar-refractivity contribution >= 4 is 5.97 Å². The van der Waals surface area contributed by atoms with Gasteiger partial charge in [0.2, 0.25) is 0 Å². The molecule has 0 amide bonds. The molecule has 1 aliphatic heterocycles. The Kier molecular flexibility index (Phi) is 2.90. The summed E-state index contributed by atoms with van der Waals surface area (Å²) in [6.45, 7) is 1.15. The van der Waals surface area contributed by atoms with Crippen LogP contribution in [0.1, 0.15) is 6.42 Å². The van der Waals surface area contributed by atoms with Gasteiger partial charge in [-0.3, -0.25) is 5.32 Å². The van der Waals surface area contributed by atoms with E-state index < -0.39 is 5.97 Å². The van der Waals surface area contributed by atoms with Crippen molar-refractivity contribution in [3.63, 3.8) is 0 Å². The maximum Gasteiger partial charge on any atom is 0.381 e. The van der Waals surface area contributed by atoms with Crippen LogP contribution in [0.25, 0.3) is 0 Å². The fraction of sp³-hybridized carbons (Fsp3) is 0.571. The minimum absolute atomic E-state index is 0.0816. The van der Waals surface area contributed by atoms with Gasteiger partial charge in [-0.05, 0) is 6.42 Å². The normalized spacial score (nSPS) is 21.3. The van der Waals surface area contributed by atoms with Crippen molar-refractivity contribution in [2.24, 2.45) is 0 Å². The van der Waals surface area contributed by atoms with E-state index in [9.17, 15) is 4.79 Å². The zero-order chi connectivity index (χ0) is 8.10. The van der Waals surface area contributed by atoms with E-state index >= 15 is 0 Å². The summed E-state index contributed by atoms with van der Waals surface area (Å²) in [5, 5.41) is 11.1. The third kappa shape index (κ3) is 3.03. The van der Waals surface area contributed by atoms with Crippen molar-refractivity contribution in [2.45, 2.75) is 12.6 Å². The lowest BCUT2D eigenvalue weighted by Gasteiger charge is -2.26. The molecule has 0 spiro atoms. The Balaban J connectivity index is 2.04. The topological polar surface area (TPSA) is 58.6 Å². The molecule has 1 atom stereocenters. The van der Waals surface area contributed by atoms with Gasteiger partial charge < -0.3 is 9.84 Å². The van der Waals surface area contributed by atoms with Gasteiger partial charge in [-0.15, -0.1) is 0 Å². The molecule has 0 saturated carbocycles. The number of carboxylic acid groups (broad SMARTS) is 1. The first kappa shape index (κ1) is 8.05. The van der Waals surface area contributed by atoms with E-state index in [1.807, 2.05) is 5.92 Å². The summed E-state index contributed by atoms with van der Waals surface area (Å²) in [6, 6.07) is 0. The Morgan fingerprint density at radius 3 is 3.00 bits per heavy atom. The van der Waals surface area contributed by atoms with Crippen molar-refractivity contribution in [3.8, 4) is 11.8 Å². The minimum atomic E-state index is -1.12. The highest BCUT2D eigenvalue weighted by Crippen LogP contribution is 2.01. The number of hydrogen-bond acceptors (Lipinski definition) is 3. The first-order chi connectivity index (χ1) is 5.29. The molecule has 1 saturated heterocycles. The van der Waals surface area contributed by atoms with Crippen LogP contribution < -0.4 is 5.32 Å². The van der Waals surface area contributed by atoms with Gasteiger partial charge in [0.25, 0.3) is 0 Å². The fourth-order valence-electron chi connectivity index (χ4n) is 0.658. The average molecular weight is 155 g/mol. The SMILES string of the molecule is O=C(O)C#CCOC1CCN1. The first-order valence-corrected chi connectivity index (χ1v) is 3.36. The zero-order valence-electron chi connectivity index (χ0n) is 5.96. The smallest absolute Gasteiger partial charge is 0.381 e. The van der Waals surface area contributed by atoms with E-state index in [-0.39, 0.29) is 12.8 Å². The fourth-order valence-corrected chi connectivity index (χ4v) is 0.658.